The molecule has 2 rings (SSSR count). The van der Waals surface area contributed by atoms with Gasteiger partial charge in [0.2, 0.25) is 5.91 Å². The molecule has 1 aliphatic heterocycles. The minimum atomic E-state index is 0. The lowest BCUT2D eigenvalue weighted by Gasteiger charge is -2.42. The van der Waals surface area contributed by atoms with Crippen molar-refractivity contribution in [1.29, 1.82) is 0 Å². The zero-order valence-corrected chi connectivity index (χ0v) is 12.7. The molecule has 1 saturated heterocycles. The van der Waals surface area contributed by atoms with Gasteiger partial charge in [-0.2, -0.15) is 0 Å². The monoisotopic (exact) mass is 290 g/mol. The summed E-state index contributed by atoms with van der Waals surface area (Å²) in [7, 11) is 1.75. The molecule has 2 fully saturated rings. The van der Waals surface area contributed by atoms with Crippen molar-refractivity contribution >= 4 is 18.3 Å². The van der Waals surface area contributed by atoms with Gasteiger partial charge in [-0.3, -0.25) is 4.79 Å². The summed E-state index contributed by atoms with van der Waals surface area (Å²) >= 11 is 0. The molecule has 0 aromatic carbocycles. The van der Waals surface area contributed by atoms with Crippen LogP contribution >= 0.6 is 12.4 Å². The molecule has 0 aromatic heterocycles. The van der Waals surface area contributed by atoms with Crippen molar-refractivity contribution in [2.75, 3.05) is 33.4 Å². The Bertz CT molecular complexity index is 277. The van der Waals surface area contributed by atoms with Crippen LogP contribution in [0.3, 0.4) is 0 Å². The van der Waals surface area contributed by atoms with Gasteiger partial charge in [-0.1, -0.05) is 6.42 Å². The van der Waals surface area contributed by atoms with Crippen LogP contribution in [0.4, 0.5) is 0 Å². The second-order valence-electron chi connectivity index (χ2n) is 5.86. The van der Waals surface area contributed by atoms with Crippen LogP contribution in [0.15, 0.2) is 0 Å². The Morgan fingerprint density at radius 2 is 2.21 bits per heavy atom. The highest BCUT2D eigenvalue weighted by Gasteiger charge is 2.37. The number of amides is 1. The molecule has 1 saturated carbocycles. The third kappa shape index (κ3) is 4.62. The number of piperidine rings is 1. The first-order valence-corrected chi connectivity index (χ1v) is 7.23. The van der Waals surface area contributed by atoms with E-state index < -0.39 is 0 Å². The number of carbonyl (C=O) groups excluding carboxylic acids is 1. The maximum absolute atomic E-state index is 12.1. The average molecular weight is 291 g/mol. The molecule has 0 spiro atoms. The first-order valence-electron chi connectivity index (χ1n) is 7.23. The van der Waals surface area contributed by atoms with Gasteiger partial charge in [0.25, 0.3) is 0 Å². The summed E-state index contributed by atoms with van der Waals surface area (Å²) in [5, 5.41) is 6.46. The fourth-order valence-electron chi connectivity index (χ4n) is 3.01. The lowest BCUT2D eigenvalue weighted by molar-refractivity contribution is -0.126. The van der Waals surface area contributed by atoms with Gasteiger partial charge in [0.05, 0.1) is 5.92 Å². The number of halogens is 1. The molecule has 2 aliphatic rings. The minimum absolute atomic E-state index is 0. The van der Waals surface area contributed by atoms with Crippen molar-refractivity contribution in [3.8, 4) is 0 Å². The van der Waals surface area contributed by atoms with Crippen LogP contribution in [0, 0.1) is 11.3 Å². The Morgan fingerprint density at radius 3 is 2.74 bits per heavy atom. The zero-order valence-electron chi connectivity index (χ0n) is 11.9. The van der Waals surface area contributed by atoms with Gasteiger partial charge in [0.15, 0.2) is 0 Å². The molecule has 0 radical (unpaired) electrons. The molecule has 4 nitrogen and oxygen atoms in total. The van der Waals surface area contributed by atoms with Crippen LogP contribution in [0.5, 0.6) is 0 Å². The number of nitrogens with one attached hydrogen (secondary N) is 2. The van der Waals surface area contributed by atoms with Crippen LogP contribution in [0.2, 0.25) is 0 Å². The molecule has 112 valence electrons. The topological polar surface area (TPSA) is 50.4 Å². The van der Waals surface area contributed by atoms with E-state index in [1.807, 2.05) is 0 Å². The maximum Gasteiger partial charge on any atom is 0.224 e. The number of ether oxygens (including phenoxy) is 1. The summed E-state index contributed by atoms with van der Waals surface area (Å²) in [6.07, 6.45) is 6.99. The van der Waals surface area contributed by atoms with Crippen molar-refractivity contribution in [3.05, 3.63) is 0 Å². The highest BCUT2D eigenvalue weighted by molar-refractivity contribution is 5.85. The molecule has 5 heteroatoms. The van der Waals surface area contributed by atoms with E-state index in [-0.39, 0.29) is 24.2 Å². The predicted molar refractivity (Wildman–Crippen MR) is 78.6 cm³/mol. The van der Waals surface area contributed by atoms with Gasteiger partial charge in [0, 0.05) is 26.8 Å². The molecule has 1 unspecified atom stereocenters. The van der Waals surface area contributed by atoms with Gasteiger partial charge in [-0.15, -0.1) is 12.4 Å². The average Bonchev–Trinajstić information content (AvgIpc) is 2.38. The van der Waals surface area contributed by atoms with Crippen LogP contribution in [0.1, 0.15) is 38.5 Å². The first-order chi connectivity index (χ1) is 8.76. The number of rotatable bonds is 6. The Hall–Kier alpha value is -0.320. The number of methoxy groups -OCH3 is 1. The number of hydrogen-bond donors (Lipinski definition) is 2. The van der Waals surface area contributed by atoms with E-state index >= 15 is 0 Å². The van der Waals surface area contributed by atoms with Crippen LogP contribution in [0.25, 0.3) is 0 Å². The van der Waals surface area contributed by atoms with E-state index in [2.05, 4.69) is 10.6 Å². The van der Waals surface area contributed by atoms with Crippen molar-refractivity contribution in [3.63, 3.8) is 0 Å². The third-order valence-corrected chi connectivity index (χ3v) is 4.56. The van der Waals surface area contributed by atoms with E-state index in [1.54, 1.807) is 7.11 Å². The quantitative estimate of drug-likeness (QED) is 0.783. The van der Waals surface area contributed by atoms with E-state index in [1.165, 1.54) is 19.3 Å². The normalized spacial score (nSPS) is 25.0. The molecular formula is C14H27ClN2O2. The molecule has 1 atom stereocenters. The molecule has 0 bridgehead atoms. The van der Waals surface area contributed by atoms with Crippen LogP contribution in [-0.2, 0) is 9.53 Å². The van der Waals surface area contributed by atoms with Gasteiger partial charge in [0.1, 0.15) is 0 Å². The Morgan fingerprint density at radius 1 is 1.42 bits per heavy atom. The predicted octanol–water partition coefficient (Wildman–Crippen LogP) is 1.73. The Labute approximate surface area is 122 Å². The van der Waals surface area contributed by atoms with E-state index in [0.717, 1.165) is 45.5 Å². The zero-order chi connectivity index (χ0) is 12.8. The second-order valence-corrected chi connectivity index (χ2v) is 5.86. The van der Waals surface area contributed by atoms with Gasteiger partial charge in [-0.05, 0) is 44.1 Å². The molecular weight excluding hydrogens is 264 g/mol. The third-order valence-electron chi connectivity index (χ3n) is 4.56. The second kappa shape index (κ2) is 8.08. The van der Waals surface area contributed by atoms with E-state index in [4.69, 9.17) is 4.74 Å². The standard InChI is InChI=1S/C14H26N2O2.ClH/c1-18-9-7-14(5-3-6-14)11-16-13(17)12-4-2-8-15-10-12;/h12,15H,2-11H2,1H3,(H,16,17);1H. The Kier molecular flexibility index (Phi) is 7.11. The number of hydrogen-bond acceptors (Lipinski definition) is 3. The van der Waals surface area contributed by atoms with E-state index in [9.17, 15) is 4.79 Å². The summed E-state index contributed by atoms with van der Waals surface area (Å²) in [5.74, 6) is 0.421. The summed E-state index contributed by atoms with van der Waals surface area (Å²) < 4.78 is 5.17. The lowest BCUT2D eigenvalue weighted by Crippen LogP contribution is -2.47. The highest BCUT2D eigenvalue weighted by atomic mass is 35.5. The van der Waals surface area contributed by atoms with Gasteiger partial charge < -0.3 is 15.4 Å². The summed E-state index contributed by atoms with van der Waals surface area (Å²) in [5.41, 5.74) is 0.327. The van der Waals surface area contributed by atoms with Crippen molar-refractivity contribution < 1.29 is 9.53 Å². The molecule has 2 N–H and O–H groups in total. The molecule has 1 amide bonds. The van der Waals surface area contributed by atoms with Crippen LogP contribution in [-0.4, -0.2) is 39.3 Å². The summed E-state index contributed by atoms with van der Waals surface area (Å²) in [6.45, 7) is 3.55. The lowest BCUT2D eigenvalue weighted by atomic mass is 9.66. The summed E-state index contributed by atoms with van der Waals surface area (Å²) in [6, 6.07) is 0. The smallest absolute Gasteiger partial charge is 0.224 e. The minimum Gasteiger partial charge on any atom is -0.385 e. The largest absolute Gasteiger partial charge is 0.385 e. The van der Waals surface area contributed by atoms with Crippen molar-refractivity contribution in [2.45, 2.75) is 38.5 Å². The maximum atomic E-state index is 12.1. The fraction of sp³-hybridized carbons (Fsp3) is 0.929. The fourth-order valence-corrected chi connectivity index (χ4v) is 3.01. The molecule has 0 aromatic rings. The first kappa shape index (κ1) is 16.7. The van der Waals surface area contributed by atoms with Gasteiger partial charge in [-0.25, -0.2) is 0 Å². The van der Waals surface area contributed by atoms with E-state index in [0.29, 0.717) is 5.41 Å². The highest BCUT2D eigenvalue weighted by Crippen LogP contribution is 2.43. The SMILES string of the molecule is COCCC1(CNC(=O)C2CCCNC2)CCC1.Cl. The molecule has 19 heavy (non-hydrogen) atoms. The van der Waals surface area contributed by atoms with Gasteiger partial charge >= 0.3 is 0 Å². The molecule has 1 aliphatic carbocycles. The molecule has 1 heterocycles. The van der Waals surface area contributed by atoms with Crippen molar-refractivity contribution in [2.24, 2.45) is 11.3 Å². The number of carbonyl (C=O) groups is 1. The Balaban J connectivity index is 0.00000180. The van der Waals surface area contributed by atoms with Crippen LogP contribution < -0.4 is 10.6 Å². The summed E-state index contributed by atoms with van der Waals surface area (Å²) in [4.78, 5) is 12.1. The van der Waals surface area contributed by atoms with Crippen molar-refractivity contribution in [1.82, 2.24) is 10.6 Å².